The first-order chi connectivity index (χ1) is 20.7. The van der Waals surface area contributed by atoms with Crippen LogP contribution in [0.15, 0.2) is 0 Å². The van der Waals surface area contributed by atoms with Gasteiger partial charge in [-0.2, -0.15) is 0 Å². The van der Waals surface area contributed by atoms with Gasteiger partial charge in [-0.3, -0.25) is 9.59 Å². The molecule has 7 atom stereocenters. The van der Waals surface area contributed by atoms with E-state index in [1.165, 1.54) is 89.9 Å². The molecule has 0 aliphatic heterocycles. The van der Waals surface area contributed by atoms with Crippen LogP contribution in [0.1, 0.15) is 175 Å². The van der Waals surface area contributed by atoms with E-state index in [9.17, 15) is 14.7 Å². The summed E-state index contributed by atoms with van der Waals surface area (Å²) < 4.78 is 6.41. The summed E-state index contributed by atoms with van der Waals surface area (Å²) in [6.45, 7) is 8.56. The highest BCUT2D eigenvalue weighted by atomic mass is 16.6. The second-order valence-corrected chi connectivity index (χ2v) is 15.7. The van der Waals surface area contributed by atoms with Crippen molar-refractivity contribution in [2.24, 2.45) is 34.5 Å². The Balaban J connectivity index is 1.02. The number of carbonyl (C=O) groups is 2. The van der Waals surface area contributed by atoms with Gasteiger partial charge in [-0.25, -0.2) is 0 Å². The van der Waals surface area contributed by atoms with Gasteiger partial charge in [0.2, 0.25) is 5.91 Å². The molecule has 5 nitrogen and oxygen atoms in total. The lowest BCUT2D eigenvalue weighted by Gasteiger charge is -2.60. The van der Waals surface area contributed by atoms with E-state index in [0.29, 0.717) is 42.0 Å². The molecule has 43 heavy (non-hydrogen) atoms. The quantitative estimate of drug-likeness (QED) is 0.114. The van der Waals surface area contributed by atoms with Gasteiger partial charge in [-0.15, -0.1) is 0 Å². The molecule has 2 N–H and O–H groups in total. The molecule has 248 valence electrons. The molecule has 1 amide bonds. The molecule has 4 aliphatic rings. The molecular weight excluding hydrogens is 534 g/mol. The van der Waals surface area contributed by atoms with Crippen molar-refractivity contribution in [2.75, 3.05) is 13.2 Å². The zero-order valence-corrected chi connectivity index (χ0v) is 28.4. The zero-order chi connectivity index (χ0) is 30.8. The molecule has 0 spiro atoms. The van der Waals surface area contributed by atoms with Gasteiger partial charge in [0.25, 0.3) is 0 Å². The molecule has 0 aromatic rings. The normalized spacial score (nSPS) is 35.3. The van der Waals surface area contributed by atoms with Crippen molar-refractivity contribution in [3.05, 3.63) is 0 Å². The lowest BCUT2D eigenvalue weighted by molar-refractivity contribution is -0.278. The van der Waals surface area contributed by atoms with E-state index in [4.69, 9.17) is 4.74 Å². The number of fused-ring (bicyclic) bond motifs is 5. The number of nitrogens with one attached hydrogen (secondary N) is 1. The maximum Gasteiger partial charge on any atom is 0.219 e. The SMILES string of the molecule is CCCCCNC(=O)CCCCCCCCCCCCCOC1(O)CC[C@H]2[C@@H]3CCC4CC(=O)CC[C@]4(C)[C@@H]3CC[C@@]21C. The van der Waals surface area contributed by atoms with Crippen LogP contribution in [0.3, 0.4) is 0 Å². The Kier molecular flexibility index (Phi) is 13.5. The third-order valence-corrected chi connectivity index (χ3v) is 13.0. The van der Waals surface area contributed by atoms with Gasteiger partial charge >= 0.3 is 0 Å². The molecular formula is C38H67NO4. The second-order valence-electron chi connectivity index (χ2n) is 15.7. The third-order valence-electron chi connectivity index (χ3n) is 13.0. The standard InChI is InChI=1S/C38H67NO4/c1-4-5-16-27-39-35(41)18-15-13-11-9-7-6-8-10-12-14-17-28-43-38(42)26-23-34-32-20-19-30-29-31(40)21-24-36(30,2)33(32)22-25-37(34,38)3/h30,32-34,42H,4-29H2,1-3H3,(H,39,41)/t30?,32-,33-,34+,36+,37+,38?/m1/s1. The van der Waals surface area contributed by atoms with Gasteiger partial charge in [0.1, 0.15) is 5.78 Å². The Morgan fingerprint density at radius 2 is 1.47 bits per heavy atom. The molecule has 0 aromatic carbocycles. The Hall–Kier alpha value is -0.940. The first-order valence-corrected chi connectivity index (χ1v) is 18.9. The highest BCUT2D eigenvalue weighted by molar-refractivity contribution is 5.79. The average Bonchev–Trinajstić information content (AvgIpc) is 3.26. The predicted octanol–water partition coefficient (Wildman–Crippen LogP) is 9.29. The molecule has 0 saturated heterocycles. The van der Waals surface area contributed by atoms with Crippen LogP contribution in [-0.2, 0) is 14.3 Å². The summed E-state index contributed by atoms with van der Waals surface area (Å²) in [5.74, 6) is 2.33. The van der Waals surface area contributed by atoms with Crippen molar-refractivity contribution < 1.29 is 19.4 Å². The molecule has 5 heteroatoms. The van der Waals surface area contributed by atoms with E-state index in [2.05, 4.69) is 26.1 Å². The van der Waals surface area contributed by atoms with Crippen molar-refractivity contribution in [3.63, 3.8) is 0 Å². The van der Waals surface area contributed by atoms with Crippen LogP contribution in [0.25, 0.3) is 0 Å². The van der Waals surface area contributed by atoms with E-state index in [1.807, 2.05) is 0 Å². The van der Waals surface area contributed by atoms with E-state index in [1.54, 1.807) is 0 Å². The number of ether oxygens (including phenoxy) is 1. The monoisotopic (exact) mass is 602 g/mol. The smallest absolute Gasteiger partial charge is 0.219 e. The third kappa shape index (κ3) is 8.66. The fourth-order valence-electron chi connectivity index (χ4n) is 10.2. The molecule has 2 unspecified atom stereocenters. The second kappa shape index (κ2) is 16.6. The van der Waals surface area contributed by atoms with Crippen molar-refractivity contribution in [1.29, 1.82) is 0 Å². The van der Waals surface area contributed by atoms with Gasteiger partial charge in [-0.1, -0.05) is 91.4 Å². The van der Waals surface area contributed by atoms with Crippen LogP contribution >= 0.6 is 0 Å². The van der Waals surface area contributed by atoms with Crippen LogP contribution in [0, 0.1) is 34.5 Å². The number of aliphatic hydroxyl groups is 1. The van der Waals surface area contributed by atoms with Crippen LogP contribution in [-0.4, -0.2) is 35.7 Å². The van der Waals surface area contributed by atoms with Gasteiger partial charge < -0.3 is 15.2 Å². The van der Waals surface area contributed by atoms with Crippen molar-refractivity contribution in [3.8, 4) is 0 Å². The van der Waals surface area contributed by atoms with Crippen molar-refractivity contribution in [2.45, 2.75) is 181 Å². The summed E-state index contributed by atoms with van der Waals surface area (Å²) >= 11 is 0. The van der Waals surface area contributed by atoms with E-state index in [0.717, 1.165) is 70.3 Å². The minimum absolute atomic E-state index is 0.123. The molecule has 0 heterocycles. The number of amides is 1. The van der Waals surface area contributed by atoms with Crippen LogP contribution in [0.4, 0.5) is 0 Å². The number of rotatable bonds is 19. The lowest BCUT2D eigenvalue weighted by Crippen LogP contribution is -2.57. The number of hydrogen-bond acceptors (Lipinski definition) is 4. The van der Waals surface area contributed by atoms with Crippen molar-refractivity contribution >= 4 is 11.7 Å². The predicted molar refractivity (Wildman–Crippen MR) is 176 cm³/mol. The summed E-state index contributed by atoms with van der Waals surface area (Å²) in [7, 11) is 0. The highest BCUT2D eigenvalue weighted by Crippen LogP contribution is 2.68. The van der Waals surface area contributed by atoms with E-state index < -0.39 is 5.79 Å². The minimum atomic E-state index is -0.957. The molecule has 0 radical (unpaired) electrons. The molecule has 0 aromatic heterocycles. The summed E-state index contributed by atoms with van der Waals surface area (Å²) in [6, 6.07) is 0. The molecule has 4 saturated carbocycles. The highest BCUT2D eigenvalue weighted by Gasteiger charge is 2.65. The topological polar surface area (TPSA) is 75.6 Å². The van der Waals surface area contributed by atoms with Crippen LogP contribution < -0.4 is 5.32 Å². The molecule has 4 rings (SSSR count). The summed E-state index contributed by atoms with van der Waals surface area (Å²) in [4.78, 5) is 24.0. The average molecular weight is 602 g/mol. The molecule has 4 aliphatic carbocycles. The lowest BCUT2D eigenvalue weighted by atomic mass is 9.45. The zero-order valence-electron chi connectivity index (χ0n) is 28.4. The van der Waals surface area contributed by atoms with Gasteiger partial charge in [0.05, 0.1) is 6.61 Å². The Morgan fingerprint density at radius 3 is 2.16 bits per heavy atom. The first-order valence-electron chi connectivity index (χ1n) is 18.9. The maximum atomic E-state index is 12.2. The number of unbranched alkanes of at least 4 members (excludes halogenated alkanes) is 12. The van der Waals surface area contributed by atoms with Gasteiger partial charge in [0, 0.05) is 37.6 Å². The Labute approximate surface area is 264 Å². The summed E-state index contributed by atoms with van der Waals surface area (Å²) in [6.07, 6.45) is 27.0. The first kappa shape index (κ1) is 34.9. The molecule has 4 fully saturated rings. The van der Waals surface area contributed by atoms with E-state index >= 15 is 0 Å². The fourth-order valence-corrected chi connectivity index (χ4v) is 10.2. The van der Waals surface area contributed by atoms with Crippen molar-refractivity contribution in [1.82, 2.24) is 5.32 Å². The van der Waals surface area contributed by atoms with Crippen LogP contribution in [0.5, 0.6) is 0 Å². The summed E-state index contributed by atoms with van der Waals surface area (Å²) in [5.41, 5.74) is 0.203. The number of ketones is 1. The fraction of sp³-hybridized carbons (Fsp3) is 0.947. The van der Waals surface area contributed by atoms with Crippen LogP contribution in [0.2, 0.25) is 0 Å². The Bertz CT molecular complexity index is 876. The molecule has 0 bridgehead atoms. The minimum Gasteiger partial charge on any atom is -0.365 e. The Morgan fingerprint density at radius 1 is 0.814 bits per heavy atom. The summed E-state index contributed by atoms with van der Waals surface area (Å²) in [5, 5.41) is 14.9. The number of carbonyl (C=O) groups excluding carboxylic acids is 2. The van der Waals surface area contributed by atoms with E-state index in [-0.39, 0.29) is 11.3 Å². The van der Waals surface area contributed by atoms with Gasteiger partial charge in [0.15, 0.2) is 5.79 Å². The maximum absolute atomic E-state index is 12.2. The number of Topliss-reactive ketones (excluding diaryl/α,β-unsaturated/α-hetero) is 1. The number of hydrogen-bond donors (Lipinski definition) is 2. The largest absolute Gasteiger partial charge is 0.365 e. The van der Waals surface area contributed by atoms with Gasteiger partial charge in [-0.05, 0) is 86.9 Å².